The Bertz CT molecular complexity index is 576. The third-order valence-corrected chi connectivity index (χ3v) is 5.63. The fourth-order valence-corrected chi connectivity index (χ4v) is 4.33. The van der Waals surface area contributed by atoms with Crippen LogP contribution in [0.15, 0.2) is 23.7 Å². The average molecular weight is 306 g/mol. The molecule has 5 heteroatoms. The monoisotopic (exact) mass is 306 g/mol. The van der Waals surface area contributed by atoms with Gasteiger partial charge in [0, 0.05) is 40.3 Å². The Morgan fingerprint density at radius 2 is 2.40 bits per heavy atom. The maximum absolute atomic E-state index is 12.4. The molecule has 2 aromatic heterocycles. The molecule has 0 aromatic carbocycles. The van der Waals surface area contributed by atoms with Crippen LogP contribution in [0.3, 0.4) is 0 Å². The van der Waals surface area contributed by atoms with Crippen LogP contribution in [0.1, 0.15) is 33.5 Å². The lowest BCUT2D eigenvalue weighted by molar-refractivity contribution is -0.131. The lowest BCUT2D eigenvalue weighted by atomic mass is 9.98. The van der Waals surface area contributed by atoms with Gasteiger partial charge in [0.2, 0.25) is 5.91 Å². The molecule has 106 valence electrons. The molecule has 20 heavy (non-hydrogen) atoms. The predicted octanol–water partition coefficient (Wildman–Crippen LogP) is 3.46. The van der Waals surface area contributed by atoms with Gasteiger partial charge in [0.1, 0.15) is 0 Å². The molecule has 3 rings (SSSR count). The van der Waals surface area contributed by atoms with E-state index in [1.54, 1.807) is 22.7 Å². The SMILES string of the molecule is Cc1ccc(CC(=O)N2CCCC(c3nccs3)C2)s1. The van der Waals surface area contributed by atoms with Crippen molar-refractivity contribution in [2.24, 2.45) is 0 Å². The first kappa shape index (κ1) is 13.8. The normalized spacial score (nSPS) is 19.2. The molecule has 0 bridgehead atoms. The van der Waals surface area contributed by atoms with Gasteiger partial charge in [-0.1, -0.05) is 0 Å². The summed E-state index contributed by atoms with van der Waals surface area (Å²) >= 11 is 3.42. The minimum atomic E-state index is 0.258. The van der Waals surface area contributed by atoms with Crippen molar-refractivity contribution in [2.75, 3.05) is 13.1 Å². The molecule has 0 saturated carbocycles. The molecule has 3 nitrogen and oxygen atoms in total. The van der Waals surface area contributed by atoms with E-state index in [2.05, 4.69) is 24.0 Å². The first-order valence-electron chi connectivity index (χ1n) is 6.95. The minimum Gasteiger partial charge on any atom is -0.342 e. The molecule has 1 atom stereocenters. The van der Waals surface area contributed by atoms with Crippen LogP contribution in [0.25, 0.3) is 0 Å². The summed E-state index contributed by atoms with van der Waals surface area (Å²) < 4.78 is 0. The van der Waals surface area contributed by atoms with Crippen LogP contribution >= 0.6 is 22.7 Å². The number of rotatable bonds is 3. The summed E-state index contributed by atoms with van der Waals surface area (Å²) in [5.41, 5.74) is 0. The molecule has 0 N–H and O–H groups in total. The molecule has 1 amide bonds. The van der Waals surface area contributed by atoms with Gasteiger partial charge < -0.3 is 4.90 Å². The van der Waals surface area contributed by atoms with Gasteiger partial charge >= 0.3 is 0 Å². The van der Waals surface area contributed by atoms with Crippen LogP contribution in [0.2, 0.25) is 0 Å². The highest BCUT2D eigenvalue weighted by molar-refractivity contribution is 7.12. The smallest absolute Gasteiger partial charge is 0.227 e. The van der Waals surface area contributed by atoms with Gasteiger partial charge in [-0.05, 0) is 31.9 Å². The van der Waals surface area contributed by atoms with Crippen molar-refractivity contribution in [1.29, 1.82) is 0 Å². The van der Waals surface area contributed by atoms with E-state index >= 15 is 0 Å². The van der Waals surface area contributed by atoms with Crippen LogP contribution in [0, 0.1) is 6.92 Å². The topological polar surface area (TPSA) is 33.2 Å². The van der Waals surface area contributed by atoms with Gasteiger partial charge in [-0.3, -0.25) is 4.79 Å². The Kier molecular flexibility index (Phi) is 4.17. The van der Waals surface area contributed by atoms with Gasteiger partial charge in [0.25, 0.3) is 0 Å². The summed E-state index contributed by atoms with van der Waals surface area (Å²) in [4.78, 5) is 21.3. The standard InChI is InChI=1S/C15H18N2OS2/c1-11-4-5-13(20-11)9-14(18)17-7-2-3-12(10-17)15-16-6-8-19-15/h4-6,8,12H,2-3,7,9-10H2,1H3. The highest BCUT2D eigenvalue weighted by Gasteiger charge is 2.26. The van der Waals surface area contributed by atoms with Crippen molar-refractivity contribution >= 4 is 28.6 Å². The number of aryl methyl sites for hydroxylation is 1. The number of likely N-dealkylation sites (tertiary alicyclic amines) is 1. The zero-order valence-electron chi connectivity index (χ0n) is 11.5. The molecule has 1 aliphatic rings. The molecule has 2 aromatic rings. The molecule has 3 heterocycles. The largest absolute Gasteiger partial charge is 0.342 e. The predicted molar refractivity (Wildman–Crippen MR) is 83.4 cm³/mol. The summed E-state index contributed by atoms with van der Waals surface area (Å²) in [5, 5.41) is 3.19. The first-order valence-corrected chi connectivity index (χ1v) is 8.64. The lowest BCUT2D eigenvalue weighted by Crippen LogP contribution is -2.39. The van der Waals surface area contributed by atoms with Gasteiger partial charge in [-0.2, -0.15) is 0 Å². The number of piperidine rings is 1. The van der Waals surface area contributed by atoms with Crippen LogP contribution in [0.4, 0.5) is 0 Å². The summed E-state index contributed by atoms with van der Waals surface area (Å²) in [5.74, 6) is 0.686. The summed E-state index contributed by atoms with van der Waals surface area (Å²) in [6.07, 6.45) is 4.63. The van der Waals surface area contributed by atoms with Crippen molar-refractivity contribution in [1.82, 2.24) is 9.88 Å². The number of nitrogens with zero attached hydrogens (tertiary/aromatic N) is 2. The second kappa shape index (κ2) is 6.06. The van der Waals surface area contributed by atoms with E-state index in [-0.39, 0.29) is 5.91 Å². The highest BCUT2D eigenvalue weighted by Crippen LogP contribution is 2.28. The van der Waals surface area contributed by atoms with E-state index < -0.39 is 0 Å². The van der Waals surface area contributed by atoms with Gasteiger partial charge in [0.05, 0.1) is 11.4 Å². The number of thiazole rings is 1. The van der Waals surface area contributed by atoms with E-state index in [1.807, 2.05) is 16.5 Å². The molecule has 1 aliphatic heterocycles. The van der Waals surface area contributed by atoms with Crippen LogP contribution in [-0.4, -0.2) is 28.9 Å². The molecule has 0 radical (unpaired) electrons. The molecule has 0 spiro atoms. The Labute approximate surface area is 127 Å². The molecule has 0 aliphatic carbocycles. The first-order chi connectivity index (χ1) is 9.72. The van der Waals surface area contributed by atoms with Crippen molar-refractivity contribution in [2.45, 2.75) is 32.1 Å². The zero-order chi connectivity index (χ0) is 13.9. The third kappa shape index (κ3) is 3.10. The van der Waals surface area contributed by atoms with Crippen LogP contribution in [-0.2, 0) is 11.2 Å². The van der Waals surface area contributed by atoms with Crippen molar-refractivity contribution < 1.29 is 4.79 Å². The number of thiophene rings is 1. The molecule has 1 unspecified atom stereocenters. The number of carbonyl (C=O) groups is 1. The summed E-state index contributed by atoms with van der Waals surface area (Å²) in [7, 11) is 0. The van der Waals surface area contributed by atoms with Crippen molar-refractivity contribution in [3.63, 3.8) is 0 Å². The van der Waals surface area contributed by atoms with E-state index in [0.29, 0.717) is 12.3 Å². The molecule has 1 saturated heterocycles. The number of carbonyl (C=O) groups excluding carboxylic acids is 1. The van der Waals surface area contributed by atoms with E-state index in [1.165, 1.54) is 14.8 Å². The second-order valence-corrected chi connectivity index (χ2v) is 7.54. The highest BCUT2D eigenvalue weighted by atomic mass is 32.1. The number of amides is 1. The average Bonchev–Trinajstić information content (AvgIpc) is 3.11. The van der Waals surface area contributed by atoms with Crippen LogP contribution in [0.5, 0.6) is 0 Å². The number of hydrogen-bond acceptors (Lipinski definition) is 4. The van der Waals surface area contributed by atoms with E-state index in [0.717, 1.165) is 25.9 Å². The maximum Gasteiger partial charge on any atom is 0.227 e. The summed E-state index contributed by atoms with van der Waals surface area (Å²) in [6.45, 7) is 3.81. The number of aromatic nitrogens is 1. The Morgan fingerprint density at radius 3 is 3.10 bits per heavy atom. The van der Waals surface area contributed by atoms with Crippen molar-refractivity contribution in [3.05, 3.63) is 38.5 Å². The quantitative estimate of drug-likeness (QED) is 0.870. The third-order valence-electron chi connectivity index (χ3n) is 3.70. The van der Waals surface area contributed by atoms with Gasteiger partial charge in [0.15, 0.2) is 0 Å². The number of hydrogen-bond donors (Lipinski definition) is 0. The Hall–Kier alpha value is -1.20. The lowest BCUT2D eigenvalue weighted by Gasteiger charge is -2.31. The fraction of sp³-hybridized carbons (Fsp3) is 0.467. The maximum atomic E-state index is 12.4. The van der Waals surface area contributed by atoms with Gasteiger partial charge in [-0.25, -0.2) is 4.98 Å². The van der Waals surface area contributed by atoms with E-state index in [9.17, 15) is 4.79 Å². The Balaban J connectivity index is 1.63. The molecular weight excluding hydrogens is 288 g/mol. The molecular formula is C15H18N2OS2. The van der Waals surface area contributed by atoms with Crippen molar-refractivity contribution in [3.8, 4) is 0 Å². The van der Waals surface area contributed by atoms with E-state index in [4.69, 9.17) is 0 Å². The minimum absolute atomic E-state index is 0.258. The fourth-order valence-electron chi connectivity index (χ4n) is 2.68. The zero-order valence-corrected chi connectivity index (χ0v) is 13.2. The summed E-state index contributed by atoms with van der Waals surface area (Å²) in [6, 6.07) is 4.15. The van der Waals surface area contributed by atoms with Gasteiger partial charge in [-0.15, -0.1) is 22.7 Å². The molecule has 1 fully saturated rings. The second-order valence-electron chi connectivity index (χ2n) is 5.24. The van der Waals surface area contributed by atoms with Crippen LogP contribution < -0.4 is 0 Å². The Morgan fingerprint density at radius 1 is 1.50 bits per heavy atom.